The number of nitrogens with zero attached hydrogens (tertiary/aromatic N) is 1. The molecule has 0 radical (unpaired) electrons. The van der Waals surface area contributed by atoms with Crippen LogP contribution in [0.1, 0.15) is 6.42 Å². The van der Waals surface area contributed by atoms with Gasteiger partial charge in [0.2, 0.25) is 5.91 Å². The van der Waals surface area contributed by atoms with E-state index in [4.69, 9.17) is 0 Å². The Labute approximate surface area is 141 Å². The minimum atomic E-state index is 0.0427. The van der Waals surface area contributed by atoms with Crippen LogP contribution in [0.5, 0.6) is 0 Å². The van der Waals surface area contributed by atoms with Crippen molar-refractivity contribution in [3.8, 4) is 0 Å². The lowest BCUT2D eigenvalue weighted by Gasteiger charge is -2.12. The van der Waals surface area contributed by atoms with Crippen LogP contribution in [0.4, 0.5) is 5.69 Å². The number of carbonyl (C=O) groups excluding carboxylic acids is 1. The molecule has 1 heterocycles. The SMILES string of the molecule is CN(C)CCC(=O)Nc1ccccc1Sc1ccsc1Br. The van der Waals surface area contributed by atoms with Crippen molar-refractivity contribution in [3.05, 3.63) is 39.5 Å². The molecule has 0 aliphatic rings. The molecule has 0 saturated carbocycles. The maximum atomic E-state index is 12.0. The molecule has 21 heavy (non-hydrogen) atoms. The minimum absolute atomic E-state index is 0.0427. The van der Waals surface area contributed by atoms with Crippen molar-refractivity contribution in [2.45, 2.75) is 16.2 Å². The molecule has 112 valence electrons. The van der Waals surface area contributed by atoms with Gasteiger partial charge in [0.1, 0.15) is 0 Å². The first-order valence-corrected chi connectivity index (χ1v) is 8.99. The van der Waals surface area contributed by atoms with Gasteiger partial charge in [-0.3, -0.25) is 4.79 Å². The van der Waals surface area contributed by atoms with Gasteiger partial charge in [-0.1, -0.05) is 23.9 Å². The predicted molar refractivity (Wildman–Crippen MR) is 94.4 cm³/mol. The molecule has 1 N–H and O–H groups in total. The average Bonchev–Trinajstić information content (AvgIpc) is 2.84. The zero-order chi connectivity index (χ0) is 15.2. The van der Waals surface area contributed by atoms with E-state index in [1.165, 1.54) is 0 Å². The standard InChI is InChI=1S/C15H17BrN2OS2/c1-18(2)9-7-14(19)17-11-5-3-4-6-12(11)21-13-8-10-20-15(13)16/h3-6,8,10H,7,9H2,1-2H3,(H,17,19). The van der Waals surface area contributed by atoms with Gasteiger partial charge in [-0.15, -0.1) is 11.3 Å². The molecule has 0 spiro atoms. The Kier molecular flexibility index (Phi) is 6.29. The summed E-state index contributed by atoms with van der Waals surface area (Å²) in [5.74, 6) is 0.0427. The zero-order valence-electron chi connectivity index (χ0n) is 11.9. The maximum absolute atomic E-state index is 12.0. The summed E-state index contributed by atoms with van der Waals surface area (Å²) in [4.78, 5) is 16.2. The predicted octanol–water partition coefficient (Wildman–Crippen LogP) is 4.55. The van der Waals surface area contributed by atoms with Gasteiger partial charge in [-0.2, -0.15) is 0 Å². The largest absolute Gasteiger partial charge is 0.325 e. The molecule has 1 amide bonds. The molecule has 0 aliphatic heterocycles. The molecular weight excluding hydrogens is 368 g/mol. The molecule has 1 aromatic heterocycles. The van der Waals surface area contributed by atoms with E-state index in [0.29, 0.717) is 6.42 Å². The van der Waals surface area contributed by atoms with Gasteiger partial charge in [0.05, 0.1) is 9.47 Å². The summed E-state index contributed by atoms with van der Waals surface area (Å²) >= 11 is 6.85. The fourth-order valence-corrected chi connectivity index (χ4v) is 4.06. The van der Waals surface area contributed by atoms with Gasteiger partial charge in [0, 0.05) is 22.8 Å². The number of hydrogen-bond acceptors (Lipinski definition) is 4. The van der Waals surface area contributed by atoms with Crippen molar-refractivity contribution >= 4 is 50.6 Å². The Bertz CT molecular complexity index is 613. The highest BCUT2D eigenvalue weighted by molar-refractivity contribution is 9.11. The molecule has 0 atom stereocenters. The van der Waals surface area contributed by atoms with Crippen molar-refractivity contribution in [1.29, 1.82) is 0 Å². The van der Waals surface area contributed by atoms with Crippen LogP contribution in [-0.4, -0.2) is 31.4 Å². The average molecular weight is 385 g/mol. The molecule has 0 aliphatic carbocycles. The monoisotopic (exact) mass is 384 g/mol. The summed E-state index contributed by atoms with van der Waals surface area (Å²) in [6, 6.07) is 9.96. The fraction of sp³-hybridized carbons (Fsp3) is 0.267. The summed E-state index contributed by atoms with van der Waals surface area (Å²) in [7, 11) is 3.93. The second-order valence-corrected chi connectivity index (χ2v) is 8.08. The number of benzene rings is 1. The zero-order valence-corrected chi connectivity index (χ0v) is 15.1. The van der Waals surface area contributed by atoms with Crippen molar-refractivity contribution in [2.75, 3.05) is 26.0 Å². The highest BCUT2D eigenvalue weighted by Gasteiger charge is 2.10. The van der Waals surface area contributed by atoms with E-state index >= 15 is 0 Å². The summed E-state index contributed by atoms with van der Waals surface area (Å²) in [6.45, 7) is 0.747. The molecule has 0 saturated heterocycles. The summed E-state index contributed by atoms with van der Waals surface area (Å²) in [5.41, 5.74) is 0.865. The third-order valence-electron chi connectivity index (χ3n) is 2.75. The quantitative estimate of drug-likeness (QED) is 0.792. The normalized spacial score (nSPS) is 10.9. The van der Waals surface area contributed by atoms with Gasteiger partial charge in [0.25, 0.3) is 0 Å². The Balaban J connectivity index is 2.06. The van der Waals surface area contributed by atoms with Crippen molar-refractivity contribution in [3.63, 3.8) is 0 Å². The number of amides is 1. The van der Waals surface area contributed by atoms with Gasteiger partial charge >= 0.3 is 0 Å². The Morgan fingerprint density at radius 1 is 1.29 bits per heavy atom. The number of halogens is 1. The topological polar surface area (TPSA) is 32.3 Å². The summed E-state index contributed by atoms with van der Waals surface area (Å²) < 4.78 is 1.11. The van der Waals surface area contributed by atoms with E-state index in [0.717, 1.165) is 25.8 Å². The van der Waals surface area contributed by atoms with E-state index in [-0.39, 0.29) is 5.91 Å². The van der Waals surface area contributed by atoms with Crippen LogP contribution in [-0.2, 0) is 4.79 Å². The third-order valence-corrected chi connectivity index (χ3v) is 5.97. The van der Waals surface area contributed by atoms with Crippen LogP contribution in [0.15, 0.2) is 49.3 Å². The Morgan fingerprint density at radius 3 is 2.71 bits per heavy atom. The molecule has 2 rings (SSSR count). The van der Waals surface area contributed by atoms with E-state index in [1.54, 1.807) is 23.1 Å². The lowest BCUT2D eigenvalue weighted by Crippen LogP contribution is -2.21. The van der Waals surface area contributed by atoms with Crippen LogP contribution >= 0.6 is 39.0 Å². The van der Waals surface area contributed by atoms with Gasteiger partial charge in [-0.25, -0.2) is 0 Å². The number of rotatable bonds is 6. The maximum Gasteiger partial charge on any atom is 0.225 e. The smallest absolute Gasteiger partial charge is 0.225 e. The number of thiophene rings is 1. The van der Waals surface area contributed by atoms with E-state index < -0.39 is 0 Å². The Hall–Kier alpha value is -0.820. The van der Waals surface area contributed by atoms with Crippen LogP contribution in [0.25, 0.3) is 0 Å². The summed E-state index contributed by atoms with van der Waals surface area (Å²) in [6.07, 6.45) is 0.494. The van der Waals surface area contributed by atoms with Gasteiger partial charge in [-0.05, 0) is 53.6 Å². The molecule has 0 bridgehead atoms. The molecule has 0 fully saturated rings. The highest BCUT2D eigenvalue weighted by atomic mass is 79.9. The lowest BCUT2D eigenvalue weighted by atomic mass is 10.3. The third kappa shape index (κ3) is 5.14. The van der Waals surface area contributed by atoms with Crippen LogP contribution < -0.4 is 5.32 Å². The van der Waals surface area contributed by atoms with Crippen molar-refractivity contribution in [1.82, 2.24) is 4.90 Å². The molecule has 2 aromatic rings. The number of carbonyl (C=O) groups is 1. The van der Waals surface area contributed by atoms with Crippen LogP contribution in [0.2, 0.25) is 0 Å². The number of hydrogen-bond donors (Lipinski definition) is 1. The molecule has 1 aromatic carbocycles. The first-order valence-electron chi connectivity index (χ1n) is 6.50. The van der Waals surface area contributed by atoms with Gasteiger partial charge < -0.3 is 10.2 Å². The number of para-hydroxylation sites is 1. The van der Waals surface area contributed by atoms with E-state index in [2.05, 4.69) is 27.3 Å². The first-order chi connectivity index (χ1) is 10.1. The van der Waals surface area contributed by atoms with Gasteiger partial charge in [0.15, 0.2) is 0 Å². The summed E-state index contributed by atoms with van der Waals surface area (Å²) in [5, 5.41) is 5.05. The van der Waals surface area contributed by atoms with Crippen LogP contribution in [0.3, 0.4) is 0 Å². The van der Waals surface area contributed by atoms with E-state index in [9.17, 15) is 4.79 Å². The van der Waals surface area contributed by atoms with Crippen LogP contribution in [0, 0.1) is 0 Å². The second-order valence-electron chi connectivity index (χ2n) is 4.76. The van der Waals surface area contributed by atoms with Crippen molar-refractivity contribution < 1.29 is 4.79 Å². The number of anilines is 1. The Morgan fingerprint density at radius 2 is 2.05 bits per heavy atom. The molecular formula is C15H17BrN2OS2. The molecule has 3 nitrogen and oxygen atoms in total. The number of nitrogens with one attached hydrogen (secondary N) is 1. The second kappa shape index (κ2) is 7.98. The molecule has 6 heteroatoms. The fourth-order valence-electron chi connectivity index (χ4n) is 1.67. The highest BCUT2D eigenvalue weighted by Crippen LogP contribution is 2.39. The minimum Gasteiger partial charge on any atom is -0.325 e. The first kappa shape index (κ1) is 16.5. The van der Waals surface area contributed by atoms with E-state index in [1.807, 2.05) is 48.6 Å². The lowest BCUT2D eigenvalue weighted by molar-refractivity contribution is -0.116. The van der Waals surface area contributed by atoms with Crippen molar-refractivity contribution in [2.24, 2.45) is 0 Å². The molecule has 0 unspecified atom stereocenters.